The summed E-state index contributed by atoms with van der Waals surface area (Å²) < 4.78 is 12.7. The fourth-order valence-electron chi connectivity index (χ4n) is 4.79. The summed E-state index contributed by atoms with van der Waals surface area (Å²) in [6.07, 6.45) is 0. The lowest BCUT2D eigenvalue weighted by Crippen LogP contribution is -2.48. The van der Waals surface area contributed by atoms with Gasteiger partial charge in [-0.2, -0.15) is 9.78 Å². The van der Waals surface area contributed by atoms with Crippen LogP contribution < -0.4 is 15.0 Å². The highest BCUT2D eigenvalue weighted by atomic mass is 16.6. The molecule has 1 saturated heterocycles. The maximum absolute atomic E-state index is 13.6. The zero-order chi connectivity index (χ0) is 24.5. The van der Waals surface area contributed by atoms with Crippen LogP contribution in [0.5, 0.6) is 11.5 Å². The Morgan fingerprint density at radius 2 is 1.50 bits per heavy atom. The third-order valence-electron chi connectivity index (χ3n) is 6.68. The van der Waals surface area contributed by atoms with E-state index in [1.165, 1.54) is 4.68 Å². The molecule has 182 valence electrons. The van der Waals surface area contributed by atoms with Gasteiger partial charge < -0.3 is 14.4 Å². The van der Waals surface area contributed by atoms with E-state index < -0.39 is 0 Å². The molecule has 4 aromatic rings. The number of carbonyl (C=O) groups excluding carboxylic acids is 1. The molecule has 0 atom stereocenters. The van der Waals surface area contributed by atoms with Gasteiger partial charge in [0.05, 0.1) is 11.1 Å². The molecule has 2 aliphatic heterocycles. The standard InChI is InChI=1S/C28H26N4O4/c33-27-23-9-5-4-8-22(23)26(29-32(27)21-6-2-1-3-7-21)28(34)31-14-12-30(13-15-31)19-20-10-11-24-25(18-20)36-17-16-35-24/h1-11,18H,12-17,19H2. The largest absolute Gasteiger partial charge is 0.486 e. The Balaban J connectivity index is 1.21. The van der Waals surface area contributed by atoms with Gasteiger partial charge in [0, 0.05) is 38.1 Å². The molecule has 36 heavy (non-hydrogen) atoms. The lowest BCUT2D eigenvalue weighted by molar-refractivity contribution is 0.0623. The number of para-hydroxylation sites is 1. The van der Waals surface area contributed by atoms with Gasteiger partial charge >= 0.3 is 0 Å². The van der Waals surface area contributed by atoms with E-state index in [1.54, 1.807) is 12.1 Å². The Kier molecular flexibility index (Phi) is 5.87. The van der Waals surface area contributed by atoms with E-state index in [0.717, 1.165) is 36.7 Å². The van der Waals surface area contributed by atoms with Crippen molar-refractivity contribution in [1.82, 2.24) is 19.6 Å². The second-order valence-corrected chi connectivity index (χ2v) is 8.99. The molecule has 2 aliphatic rings. The maximum atomic E-state index is 13.6. The molecule has 3 aromatic carbocycles. The second-order valence-electron chi connectivity index (χ2n) is 8.99. The van der Waals surface area contributed by atoms with Gasteiger partial charge in [0.2, 0.25) is 0 Å². The molecule has 1 fully saturated rings. The van der Waals surface area contributed by atoms with Crippen LogP contribution in [0, 0.1) is 0 Å². The molecule has 1 aromatic heterocycles. The molecule has 8 heteroatoms. The van der Waals surface area contributed by atoms with E-state index in [4.69, 9.17) is 9.47 Å². The van der Waals surface area contributed by atoms with E-state index in [2.05, 4.69) is 16.1 Å². The van der Waals surface area contributed by atoms with Gasteiger partial charge in [-0.15, -0.1) is 0 Å². The first kappa shape index (κ1) is 22.3. The summed E-state index contributed by atoms with van der Waals surface area (Å²) in [4.78, 5) is 30.9. The van der Waals surface area contributed by atoms with Crippen LogP contribution in [-0.4, -0.2) is 64.9 Å². The summed E-state index contributed by atoms with van der Waals surface area (Å²) in [5, 5.41) is 5.61. The van der Waals surface area contributed by atoms with Crippen LogP contribution in [0.4, 0.5) is 0 Å². The van der Waals surface area contributed by atoms with Gasteiger partial charge in [-0.3, -0.25) is 14.5 Å². The van der Waals surface area contributed by atoms with E-state index >= 15 is 0 Å². The smallest absolute Gasteiger partial charge is 0.279 e. The number of aromatic nitrogens is 2. The summed E-state index contributed by atoms with van der Waals surface area (Å²) in [5.41, 5.74) is 1.85. The minimum absolute atomic E-state index is 0.158. The molecular weight excluding hydrogens is 456 g/mol. The zero-order valence-electron chi connectivity index (χ0n) is 19.8. The van der Waals surface area contributed by atoms with Crippen molar-refractivity contribution in [3.63, 3.8) is 0 Å². The van der Waals surface area contributed by atoms with Gasteiger partial charge in [0.25, 0.3) is 11.5 Å². The van der Waals surface area contributed by atoms with E-state index in [9.17, 15) is 9.59 Å². The van der Waals surface area contributed by atoms with Crippen LogP contribution in [0.15, 0.2) is 77.6 Å². The average Bonchev–Trinajstić information content (AvgIpc) is 2.94. The number of hydrogen-bond donors (Lipinski definition) is 0. The van der Waals surface area contributed by atoms with Crippen molar-refractivity contribution < 1.29 is 14.3 Å². The number of fused-ring (bicyclic) bond motifs is 2. The number of benzene rings is 3. The second kappa shape index (κ2) is 9.47. The number of carbonyl (C=O) groups is 1. The minimum Gasteiger partial charge on any atom is -0.486 e. The fourth-order valence-corrected chi connectivity index (χ4v) is 4.79. The molecule has 1 amide bonds. The number of hydrogen-bond acceptors (Lipinski definition) is 6. The maximum Gasteiger partial charge on any atom is 0.279 e. The van der Waals surface area contributed by atoms with Gasteiger partial charge in [0.15, 0.2) is 17.2 Å². The Hall–Kier alpha value is -4.17. The quantitative estimate of drug-likeness (QED) is 0.445. The molecule has 0 radical (unpaired) electrons. The minimum atomic E-state index is -0.238. The predicted molar refractivity (Wildman–Crippen MR) is 136 cm³/mol. The summed E-state index contributed by atoms with van der Waals surface area (Å²) >= 11 is 0. The molecule has 8 nitrogen and oxygen atoms in total. The Labute approximate surface area is 208 Å². The summed E-state index contributed by atoms with van der Waals surface area (Å²) in [6.45, 7) is 4.59. The molecular formula is C28H26N4O4. The summed E-state index contributed by atoms with van der Waals surface area (Å²) in [6, 6.07) is 22.5. The molecule has 3 heterocycles. The van der Waals surface area contributed by atoms with E-state index in [1.807, 2.05) is 59.5 Å². The molecule has 0 unspecified atom stereocenters. The normalized spacial score (nSPS) is 15.7. The van der Waals surface area contributed by atoms with Gasteiger partial charge in [-0.05, 0) is 35.9 Å². The predicted octanol–water partition coefficient (Wildman–Crippen LogP) is 3.11. The monoisotopic (exact) mass is 482 g/mol. The summed E-state index contributed by atoms with van der Waals surface area (Å²) in [7, 11) is 0. The van der Waals surface area contributed by atoms with Crippen LogP contribution in [0.2, 0.25) is 0 Å². The van der Waals surface area contributed by atoms with Crippen LogP contribution in [0.3, 0.4) is 0 Å². The van der Waals surface area contributed by atoms with E-state index in [-0.39, 0.29) is 11.5 Å². The fraction of sp³-hybridized carbons (Fsp3) is 0.250. The Morgan fingerprint density at radius 1 is 0.806 bits per heavy atom. The van der Waals surface area contributed by atoms with Gasteiger partial charge in [-0.1, -0.05) is 42.5 Å². The van der Waals surface area contributed by atoms with Gasteiger partial charge in [0.1, 0.15) is 13.2 Å². The van der Waals surface area contributed by atoms with Crippen molar-refractivity contribution in [2.45, 2.75) is 6.54 Å². The molecule has 0 N–H and O–H groups in total. The SMILES string of the molecule is O=C(c1nn(-c2ccccc2)c(=O)c2ccccc12)N1CCN(Cc2ccc3c(c2)OCCO3)CC1. The van der Waals surface area contributed by atoms with Crippen LogP contribution in [-0.2, 0) is 6.54 Å². The molecule has 0 aliphatic carbocycles. The topological polar surface area (TPSA) is 76.9 Å². The Morgan fingerprint density at radius 3 is 2.28 bits per heavy atom. The zero-order valence-corrected chi connectivity index (χ0v) is 19.8. The first-order chi connectivity index (χ1) is 17.7. The van der Waals surface area contributed by atoms with E-state index in [0.29, 0.717) is 48.5 Å². The average molecular weight is 483 g/mol. The van der Waals surface area contributed by atoms with Crippen molar-refractivity contribution >= 4 is 16.7 Å². The molecule has 0 bridgehead atoms. The Bertz CT molecular complexity index is 1480. The third-order valence-corrected chi connectivity index (χ3v) is 6.68. The van der Waals surface area contributed by atoms with Crippen LogP contribution in [0.1, 0.15) is 16.1 Å². The number of nitrogens with zero attached hydrogens (tertiary/aromatic N) is 4. The highest BCUT2D eigenvalue weighted by Gasteiger charge is 2.26. The highest BCUT2D eigenvalue weighted by Crippen LogP contribution is 2.31. The highest BCUT2D eigenvalue weighted by molar-refractivity contribution is 6.04. The van der Waals surface area contributed by atoms with Crippen molar-refractivity contribution in [1.29, 1.82) is 0 Å². The van der Waals surface area contributed by atoms with Crippen LogP contribution in [0.25, 0.3) is 16.5 Å². The van der Waals surface area contributed by atoms with Gasteiger partial charge in [-0.25, -0.2) is 0 Å². The van der Waals surface area contributed by atoms with Crippen LogP contribution >= 0.6 is 0 Å². The first-order valence-electron chi connectivity index (χ1n) is 12.1. The van der Waals surface area contributed by atoms with Crippen molar-refractivity contribution in [2.75, 3.05) is 39.4 Å². The molecule has 6 rings (SSSR count). The van der Waals surface area contributed by atoms with Crippen molar-refractivity contribution in [3.05, 3.63) is 94.4 Å². The molecule has 0 saturated carbocycles. The van der Waals surface area contributed by atoms with Crippen molar-refractivity contribution in [3.8, 4) is 17.2 Å². The lowest BCUT2D eigenvalue weighted by Gasteiger charge is -2.35. The molecule has 0 spiro atoms. The third kappa shape index (κ3) is 4.20. The lowest BCUT2D eigenvalue weighted by atomic mass is 10.1. The first-order valence-corrected chi connectivity index (χ1v) is 12.1. The number of amides is 1. The number of piperazine rings is 1. The summed E-state index contributed by atoms with van der Waals surface area (Å²) in [5.74, 6) is 1.42. The van der Waals surface area contributed by atoms with Crippen molar-refractivity contribution in [2.24, 2.45) is 0 Å². The number of rotatable bonds is 4. The number of ether oxygens (including phenoxy) is 2.